The summed E-state index contributed by atoms with van der Waals surface area (Å²) in [6.07, 6.45) is 1.28. The van der Waals surface area contributed by atoms with Crippen molar-refractivity contribution >= 4 is 22.9 Å². The summed E-state index contributed by atoms with van der Waals surface area (Å²) in [5.41, 5.74) is 3.76. The molecule has 0 atom stereocenters. The van der Waals surface area contributed by atoms with Gasteiger partial charge >= 0.3 is 0 Å². The number of hydrogen-bond donors (Lipinski definition) is 1. The van der Waals surface area contributed by atoms with E-state index in [4.69, 9.17) is 0 Å². The number of rotatable bonds is 3. The molecule has 0 bridgehead atoms. The quantitative estimate of drug-likeness (QED) is 0.583. The van der Waals surface area contributed by atoms with Gasteiger partial charge in [0.15, 0.2) is 0 Å². The third-order valence-electron chi connectivity index (χ3n) is 2.94. The minimum Gasteiger partial charge on any atom is -0.261 e. The third kappa shape index (κ3) is 3.02. The van der Waals surface area contributed by atoms with Crippen molar-refractivity contribution in [3.05, 3.63) is 71.8 Å². The number of hydrazone groups is 1. The summed E-state index contributed by atoms with van der Waals surface area (Å²) in [7, 11) is 0. The van der Waals surface area contributed by atoms with E-state index in [1.807, 2.05) is 30.3 Å². The van der Waals surface area contributed by atoms with E-state index >= 15 is 0 Å². The summed E-state index contributed by atoms with van der Waals surface area (Å²) in [6, 6.07) is 14.7. The summed E-state index contributed by atoms with van der Waals surface area (Å²) in [6.45, 7) is 0. The highest BCUT2D eigenvalue weighted by molar-refractivity contribution is 5.82. The molecule has 0 spiro atoms. The maximum Gasteiger partial charge on any atom is 0.146 e. The molecule has 2 aromatic carbocycles. The van der Waals surface area contributed by atoms with Crippen LogP contribution in [-0.2, 0) is 0 Å². The second kappa shape index (κ2) is 5.66. The summed E-state index contributed by atoms with van der Waals surface area (Å²) in [5, 5.41) is 4.93. The van der Waals surface area contributed by atoms with Gasteiger partial charge in [0.05, 0.1) is 11.7 Å². The number of hydrogen-bond acceptors (Lipinski definition) is 3. The minimum atomic E-state index is -0.660. The fraction of sp³-hybridized carbons (Fsp3) is 0. The average molecular weight is 283 g/mol. The molecule has 0 amide bonds. The fourth-order valence-electron chi connectivity index (χ4n) is 1.90. The van der Waals surface area contributed by atoms with Crippen molar-refractivity contribution in [3.63, 3.8) is 0 Å². The number of para-hydroxylation sites is 1. The first-order chi connectivity index (χ1) is 10.2. The van der Waals surface area contributed by atoms with Crippen LogP contribution < -0.4 is 5.43 Å². The number of aromatic nitrogens is 1. The Morgan fingerprint density at radius 2 is 1.86 bits per heavy atom. The van der Waals surface area contributed by atoms with Crippen LogP contribution in [0.25, 0.3) is 10.9 Å². The van der Waals surface area contributed by atoms with Crippen LogP contribution in [0.5, 0.6) is 0 Å². The Morgan fingerprint density at radius 3 is 2.71 bits per heavy atom. The molecule has 3 nitrogen and oxygen atoms in total. The van der Waals surface area contributed by atoms with Crippen molar-refractivity contribution in [1.29, 1.82) is 0 Å². The Balaban J connectivity index is 1.77. The Bertz CT molecular complexity index is 815. The van der Waals surface area contributed by atoms with E-state index in [9.17, 15) is 8.78 Å². The lowest BCUT2D eigenvalue weighted by Crippen LogP contribution is -1.95. The van der Waals surface area contributed by atoms with Crippen molar-refractivity contribution in [1.82, 2.24) is 4.98 Å². The van der Waals surface area contributed by atoms with Gasteiger partial charge in [0.2, 0.25) is 0 Å². The van der Waals surface area contributed by atoms with Crippen LogP contribution in [0.4, 0.5) is 14.6 Å². The average Bonchev–Trinajstić information content (AvgIpc) is 2.49. The van der Waals surface area contributed by atoms with E-state index in [0.29, 0.717) is 5.82 Å². The van der Waals surface area contributed by atoms with Gasteiger partial charge in [0, 0.05) is 17.0 Å². The first-order valence-corrected chi connectivity index (χ1v) is 6.32. The van der Waals surface area contributed by atoms with E-state index in [2.05, 4.69) is 15.5 Å². The Labute approximate surface area is 120 Å². The zero-order valence-electron chi connectivity index (χ0n) is 10.9. The molecule has 104 valence electrons. The molecular formula is C16H11F2N3. The van der Waals surface area contributed by atoms with Crippen LogP contribution in [0.3, 0.4) is 0 Å². The number of pyridine rings is 1. The van der Waals surface area contributed by atoms with E-state index in [0.717, 1.165) is 17.0 Å². The van der Waals surface area contributed by atoms with E-state index < -0.39 is 11.6 Å². The Hall–Kier alpha value is -2.82. The van der Waals surface area contributed by atoms with E-state index in [-0.39, 0.29) is 5.56 Å². The van der Waals surface area contributed by atoms with Gasteiger partial charge in [-0.1, -0.05) is 18.2 Å². The molecule has 0 aliphatic rings. The van der Waals surface area contributed by atoms with Crippen LogP contribution in [0.15, 0.2) is 59.7 Å². The molecule has 1 N–H and O–H groups in total. The summed E-state index contributed by atoms with van der Waals surface area (Å²) < 4.78 is 26.2. The molecule has 0 fully saturated rings. The smallest absolute Gasteiger partial charge is 0.146 e. The molecule has 0 saturated heterocycles. The lowest BCUT2D eigenvalue weighted by atomic mass is 10.2. The van der Waals surface area contributed by atoms with Gasteiger partial charge in [-0.15, -0.1) is 0 Å². The van der Waals surface area contributed by atoms with Gasteiger partial charge in [-0.3, -0.25) is 5.43 Å². The molecule has 3 aromatic rings. The van der Waals surface area contributed by atoms with E-state index in [1.165, 1.54) is 18.3 Å². The second-order valence-corrected chi connectivity index (χ2v) is 4.43. The standard InChI is InChI=1S/C16H11F2N3/c17-13-7-5-12(14(18)9-13)10-19-21-16-8-6-11-3-1-2-4-15(11)20-16/h1-10H,(H,20,21). The number of halogens is 2. The SMILES string of the molecule is Fc1ccc(C=NNc2ccc3ccccc3n2)c(F)c1. The highest BCUT2D eigenvalue weighted by Crippen LogP contribution is 2.14. The van der Waals surface area contributed by atoms with Crippen LogP contribution in [0.2, 0.25) is 0 Å². The van der Waals surface area contributed by atoms with Crippen LogP contribution in [-0.4, -0.2) is 11.2 Å². The highest BCUT2D eigenvalue weighted by Gasteiger charge is 2.01. The number of anilines is 1. The summed E-state index contributed by atoms with van der Waals surface area (Å²) in [4.78, 5) is 4.36. The maximum absolute atomic E-state index is 13.4. The lowest BCUT2D eigenvalue weighted by molar-refractivity contribution is 0.582. The van der Waals surface area contributed by atoms with Crippen LogP contribution in [0.1, 0.15) is 5.56 Å². The zero-order valence-corrected chi connectivity index (χ0v) is 10.9. The maximum atomic E-state index is 13.4. The zero-order chi connectivity index (χ0) is 14.7. The first-order valence-electron chi connectivity index (χ1n) is 6.32. The van der Waals surface area contributed by atoms with Gasteiger partial charge in [-0.05, 0) is 30.3 Å². The second-order valence-electron chi connectivity index (χ2n) is 4.43. The summed E-state index contributed by atoms with van der Waals surface area (Å²) >= 11 is 0. The topological polar surface area (TPSA) is 37.3 Å². The highest BCUT2D eigenvalue weighted by atomic mass is 19.1. The number of nitrogens with one attached hydrogen (secondary N) is 1. The number of nitrogens with zero attached hydrogens (tertiary/aromatic N) is 2. The van der Waals surface area contributed by atoms with Crippen molar-refractivity contribution in [3.8, 4) is 0 Å². The monoisotopic (exact) mass is 283 g/mol. The normalized spacial score (nSPS) is 11.1. The minimum absolute atomic E-state index is 0.199. The van der Waals surface area contributed by atoms with Gasteiger partial charge in [-0.2, -0.15) is 5.10 Å². The predicted octanol–water partition coefficient (Wildman–Crippen LogP) is 3.96. The molecule has 21 heavy (non-hydrogen) atoms. The predicted molar refractivity (Wildman–Crippen MR) is 79.3 cm³/mol. The van der Waals surface area contributed by atoms with Gasteiger partial charge in [-0.25, -0.2) is 13.8 Å². The van der Waals surface area contributed by atoms with Crippen LogP contribution in [0, 0.1) is 11.6 Å². The summed E-state index contributed by atoms with van der Waals surface area (Å²) in [5.74, 6) is -0.728. The molecule has 1 aromatic heterocycles. The number of benzene rings is 2. The molecular weight excluding hydrogens is 272 g/mol. The van der Waals surface area contributed by atoms with Gasteiger partial charge in [0.1, 0.15) is 17.5 Å². The van der Waals surface area contributed by atoms with Crippen molar-refractivity contribution in [2.24, 2.45) is 5.10 Å². The molecule has 5 heteroatoms. The van der Waals surface area contributed by atoms with Crippen molar-refractivity contribution in [2.45, 2.75) is 0 Å². The fourth-order valence-corrected chi connectivity index (χ4v) is 1.90. The molecule has 0 aliphatic carbocycles. The molecule has 3 rings (SSSR count). The van der Waals surface area contributed by atoms with Crippen molar-refractivity contribution in [2.75, 3.05) is 5.43 Å². The molecule has 0 radical (unpaired) electrons. The lowest BCUT2D eigenvalue weighted by Gasteiger charge is -2.02. The van der Waals surface area contributed by atoms with Crippen molar-refractivity contribution < 1.29 is 8.78 Å². The Morgan fingerprint density at radius 1 is 1.00 bits per heavy atom. The molecule has 0 aliphatic heterocycles. The van der Waals surface area contributed by atoms with Crippen LogP contribution >= 0.6 is 0 Å². The first kappa shape index (κ1) is 13.2. The number of fused-ring (bicyclic) bond motifs is 1. The molecule has 1 heterocycles. The van der Waals surface area contributed by atoms with Gasteiger partial charge < -0.3 is 0 Å². The molecule has 0 saturated carbocycles. The van der Waals surface area contributed by atoms with E-state index in [1.54, 1.807) is 6.07 Å². The largest absolute Gasteiger partial charge is 0.261 e. The Kier molecular flexibility index (Phi) is 3.55. The molecule has 0 unspecified atom stereocenters. The third-order valence-corrected chi connectivity index (χ3v) is 2.94. The van der Waals surface area contributed by atoms with Gasteiger partial charge in [0.25, 0.3) is 0 Å².